The Balaban J connectivity index is 1.62. The third-order valence-electron chi connectivity index (χ3n) is 5.01. The number of carbonyl (C=O) groups is 2. The van der Waals surface area contributed by atoms with Gasteiger partial charge in [0.1, 0.15) is 5.00 Å². The van der Waals surface area contributed by atoms with E-state index in [0.29, 0.717) is 6.54 Å². The molecule has 5 nitrogen and oxygen atoms in total. The second-order valence-corrected chi connectivity index (χ2v) is 9.30. The summed E-state index contributed by atoms with van der Waals surface area (Å²) in [6.45, 7) is 2.06. The quantitative estimate of drug-likeness (QED) is 0.652. The van der Waals surface area contributed by atoms with Crippen LogP contribution >= 0.6 is 23.1 Å². The third kappa shape index (κ3) is 4.26. The Hall–Kier alpha value is -2.51. The van der Waals surface area contributed by atoms with Gasteiger partial charge in [-0.25, -0.2) is 0 Å². The summed E-state index contributed by atoms with van der Waals surface area (Å²) in [6, 6.07) is 11.6. The Morgan fingerprint density at radius 1 is 1.21 bits per heavy atom. The fourth-order valence-corrected chi connectivity index (χ4v) is 5.87. The zero-order valence-corrected chi connectivity index (χ0v) is 18.1. The van der Waals surface area contributed by atoms with E-state index in [-0.39, 0.29) is 11.8 Å². The summed E-state index contributed by atoms with van der Waals surface area (Å²) in [5.41, 5.74) is 3.69. The summed E-state index contributed by atoms with van der Waals surface area (Å²) in [6.07, 6.45) is 4.89. The Labute approximate surface area is 178 Å². The summed E-state index contributed by atoms with van der Waals surface area (Å²) < 4.78 is 2.03. The molecule has 0 radical (unpaired) electrons. The van der Waals surface area contributed by atoms with Gasteiger partial charge < -0.3 is 14.8 Å². The van der Waals surface area contributed by atoms with Crippen LogP contribution in [0, 0.1) is 0 Å². The van der Waals surface area contributed by atoms with E-state index in [2.05, 4.69) is 5.32 Å². The number of nitrogens with zero attached hydrogens (tertiary/aromatic N) is 2. The monoisotopic (exact) mass is 425 g/mol. The molecule has 1 N–H and O–H groups in total. The summed E-state index contributed by atoms with van der Waals surface area (Å²) in [5, 5.41) is 4.06. The van der Waals surface area contributed by atoms with Gasteiger partial charge in [0.05, 0.1) is 5.56 Å². The van der Waals surface area contributed by atoms with Crippen molar-refractivity contribution in [1.29, 1.82) is 0 Å². The van der Waals surface area contributed by atoms with Crippen LogP contribution in [0.1, 0.15) is 33.3 Å². The maximum absolute atomic E-state index is 13.3. The number of thiophene rings is 1. The molecule has 0 spiro atoms. The Bertz CT molecular complexity index is 1040. The molecule has 150 valence electrons. The molecule has 0 unspecified atom stereocenters. The maximum Gasteiger partial charge on any atom is 0.258 e. The molecule has 2 aromatic heterocycles. The molecule has 1 aromatic carbocycles. The van der Waals surface area contributed by atoms with Gasteiger partial charge in [-0.15, -0.1) is 11.3 Å². The van der Waals surface area contributed by atoms with Gasteiger partial charge in [0, 0.05) is 49.2 Å². The minimum atomic E-state index is -0.0739. The summed E-state index contributed by atoms with van der Waals surface area (Å²) >= 11 is 3.63. The van der Waals surface area contributed by atoms with Crippen molar-refractivity contribution in [1.82, 2.24) is 9.47 Å². The van der Waals surface area contributed by atoms with E-state index in [9.17, 15) is 9.59 Å². The molecule has 4 rings (SSSR count). The molecular weight excluding hydrogens is 402 g/mol. The minimum absolute atomic E-state index is 0.0126. The highest BCUT2D eigenvalue weighted by atomic mass is 32.2. The normalized spacial score (nSPS) is 13.0. The highest BCUT2D eigenvalue weighted by Crippen LogP contribution is 2.38. The number of aromatic nitrogens is 1. The number of hydrogen-bond donors (Lipinski definition) is 1. The molecule has 3 aromatic rings. The number of benzene rings is 1. The average Bonchev–Trinajstić information content (AvgIpc) is 3.35. The van der Waals surface area contributed by atoms with Crippen molar-refractivity contribution >= 4 is 40.6 Å². The second kappa shape index (κ2) is 8.47. The smallest absolute Gasteiger partial charge is 0.258 e. The number of anilines is 1. The molecule has 0 bridgehead atoms. The van der Waals surface area contributed by atoms with Crippen LogP contribution in [0.15, 0.2) is 48.8 Å². The number of fused-ring (bicyclic) bond motifs is 1. The predicted octanol–water partition coefficient (Wildman–Crippen LogP) is 4.56. The molecule has 0 atom stereocenters. The largest absolute Gasteiger partial charge is 0.342 e. The van der Waals surface area contributed by atoms with Gasteiger partial charge in [0.2, 0.25) is 5.91 Å². The van der Waals surface area contributed by atoms with E-state index in [4.69, 9.17) is 0 Å². The molecule has 0 fully saturated rings. The molecule has 3 heterocycles. The van der Waals surface area contributed by atoms with Gasteiger partial charge in [-0.05, 0) is 47.6 Å². The molecule has 2 amide bonds. The van der Waals surface area contributed by atoms with E-state index in [0.717, 1.165) is 39.7 Å². The van der Waals surface area contributed by atoms with Gasteiger partial charge in [0.25, 0.3) is 5.91 Å². The maximum atomic E-state index is 13.3. The topological polar surface area (TPSA) is 54.3 Å². The van der Waals surface area contributed by atoms with Gasteiger partial charge in [0.15, 0.2) is 0 Å². The van der Waals surface area contributed by atoms with Crippen LogP contribution in [0.25, 0.3) is 5.00 Å². The van der Waals surface area contributed by atoms with Gasteiger partial charge in [-0.2, -0.15) is 11.8 Å². The van der Waals surface area contributed by atoms with Crippen LogP contribution in [0.3, 0.4) is 0 Å². The van der Waals surface area contributed by atoms with Gasteiger partial charge in [-0.1, -0.05) is 12.1 Å². The molecule has 1 aliphatic heterocycles. The molecule has 29 heavy (non-hydrogen) atoms. The van der Waals surface area contributed by atoms with E-state index < -0.39 is 0 Å². The molecule has 0 saturated heterocycles. The van der Waals surface area contributed by atoms with Crippen LogP contribution < -0.4 is 5.32 Å². The Morgan fingerprint density at radius 2 is 2.00 bits per heavy atom. The number of rotatable bonds is 5. The van der Waals surface area contributed by atoms with E-state index in [1.807, 2.05) is 65.1 Å². The number of nitrogens with one attached hydrogen (secondary N) is 1. The summed E-state index contributed by atoms with van der Waals surface area (Å²) in [4.78, 5) is 27.8. The van der Waals surface area contributed by atoms with E-state index in [1.165, 1.54) is 10.4 Å². The first kappa shape index (κ1) is 19.8. The van der Waals surface area contributed by atoms with Gasteiger partial charge in [-0.3, -0.25) is 9.59 Å². The predicted molar refractivity (Wildman–Crippen MR) is 120 cm³/mol. The highest BCUT2D eigenvalue weighted by Gasteiger charge is 2.26. The Morgan fingerprint density at radius 3 is 2.76 bits per heavy atom. The average molecular weight is 426 g/mol. The van der Waals surface area contributed by atoms with Crippen molar-refractivity contribution in [3.8, 4) is 5.00 Å². The number of carbonyl (C=O) groups excluding carboxylic acids is 2. The van der Waals surface area contributed by atoms with Crippen molar-refractivity contribution in [2.24, 2.45) is 0 Å². The number of thioether (sulfide) groups is 1. The Kier molecular flexibility index (Phi) is 5.78. The molecule has 1 aliphatic rings. The fraction of sp³-hybridized carbons (Fsp3) is 0.273. The molecule has 0 aliphatic carbocycles. The van der Waals surface area contributed by atoms with Crippen LogP contribution in [-0.4, -0.2) is 34.1 Å². The van der Waals surface area contributed by atoms with Gasteiger partial charge >= 0.3 is 0 Å². The lowest BCUT2D eigenvalue weighted by Crippen LogP contribution is -2.23. The zero-order chi connectivity index (χ0) is 20.4. The third-order valence-corrected chi connectivity index (χ3v) is 7.42. The number of hydrogen-bond acceptors (Lipinski definition) is 4. The molecule has 7 heteroatoms. The van der Waals surface area contributed by atoms with E-state index >= 15 is 0 Å². The van der Waals surface area contributed by atoms with Crippen molar-refractivity contribution < 1.29 is 9.59 Å². The first-order valence-corrected chi connectivity index (χ1v) is 11.5. The number of amides is 2. The van der Waals surface area contributed by atoms with Crippen LogP contribution in [0.5, 0.6) is 0 Å². The lowest BCUT2D eigenvalue weighted by Gasteiger charge is -2.16. The lowest BCUT2D eigenvalue weighted by atomic mass is 10.1. The zero-order valence-electron chi connectivity index (χ0n) is 16.5. The highest BCUT2D eigenvalue weighted by molar-refractivity contribution is 7.98. The van der Waals surface area contributed by atoms with E-state index in [1.54, 1.807) is 30.2 Å². The standard InChI is InChI=1S/C22H23N3O2S2/c1-15(26)24(2)13-16-6-5-7-17(12-16)23-21(27)20-18-8-11-28-14-19(18)29-22(20)25-9-3-4-10-25/h3-7,9-10,12H,8,11,13-14H2,1-2H3,(H,23,27). The van der Waals surface area contributed by atoms with Crippen molar-refractivity contribution in [3.63, 3.8) is 0 Å². The molecular formula is C22H23N3O2S2. The van der Waals surface area contributed by atoms with Crippen LogP contribution in [0.4, 0.5) is 5.69 Å². The van der Waals surface area contributed by atoms with Crippen molar-refractivity contribution in [2.75, 3.05) is 18.1 Å². The van der Waals surface area contributed by atoms with Crippen LogP contribution in [0.2, 0.25) is 0 Å². The van der Waals surface area contributed by atoms with Crippen LogP contribution in [-0.2, 0) is 23.5 Å². The molecule has 0 saturated carbocycles. The first-order chi connectivity index (χ1) is 14.0. The lowest BCUT2D eigenvalue weighted by molar-refractivity contribution is -0.128. The SMILES string of the molecule is CC(=O)N(C)Cc1cccc(NC(=O)c2c(-n3cccc3)sc3c2CCSC3)c1. The van der Waals surface area contributed by atoms with Crippen molar-refractivity contribution in [3.05, 3.63) is 70.4 Å². The first-order valence-electron chi connectivity index (χ1n) is 9.50. The fourth-order valence-electron chi connectivity index (χ4n) is 3.43. The van der Waals surface area contributed by atoms with Crippen molar-refractivity contribution in [2.45, 2.75) is 25.6 Å². The minimum Gasteiger partial charge on any atom is -0.342 e. The summed E-state index contributed by atoms with van der Waals surface area (Å²) in [5.74, 6) is 1.95. The second-order valence-electron chi connectivity index (χ2n) is 7.11. The summed E-state index contributed by atoms with van der Waals surface area (Å²) in [7, 11) is 1.77.